The number of amides is 1. The van der Waals surface area contributed by atoms with Crippen LogP contribution in [0.2, 0.25) is 0 Å². The molecular formula is C17H25N3O3. The van der Waals surface area contributed by atoms with Crippen LogP contribution in [0.4, 0.5) is 0 Å². The molecule has 0 atom stereocenters. The Morgan fingerprint density at radius 2 is 1.70 bits per heavy atom. The summed E-state index contributed by atoms with van der Waals surface area (Å²) in [6.07, 6.45) is 0. The van der Waals surface area contributed by atoms with Gasteiger partial charge < -0.3 is 19.7 Å². The molecule has 0 saturated carbocycles. The smallest absolute Gasteiger partial charge is 0.228 e. The molecule has 0 spiro atoms. The predicted molar refractivity (Wildman–Crippen MR) is 87.8 cm³/mol. The van der Waals surface area contributed by atoms with Crippen LogP contribution in [0.25, 0.3) is 0 Å². The van der Waals surface area contributed by atoms with E-state index in [1.165, 1.54) is 5.56 Å². The molecule has 23 heavy (non-hydrogen) atoms. The van der Waals surface area contributed by atoms with E-state index in [4.69, 9.17) is 9.47 Å². The molecule has 1 aromatic rings. The molecule has 2 heterocycles. The number of methoxy groups -OCH3 is 2. The third-order valence-electron chi connectivity index (χ3n) is 4.63. The van der Waals surface area contributed by atoms with Crippen molar-refractivity contribution in [1.29, 1.82) is 0 Å². The molecule has 2 saturated heterocycles. The van der Waals surface area contributed by atoms with Crippen LogP contribution >= 0.6 is 0 Å². The van der Waals surface area contributed by atoms with Crippen molar-refractivity contribution in [3.05, 3.63) is 23.8 Å². The molecule has 0 unspecified atom stereocenters. The first-order chi connectivity index (χ1) is 11.2. The first-order valence-corrected chi connectivity index (χ1v) is 8.13. The Bertz CT molecular complexity index is 530. The van der Waals surface area contributed by atoms with Crippen LogP contribution in [-0.4, -0.2) is 69.2 Å². The summed E-state index contributed by atoms with van der Waals surface area (Å²) in [7, 11) is 3.33. The Balaban J connectivity index is 1.55. The van der Waals surface area contributed by atoms with Gasteiger partial charge >= 0.3 is 0 Å². The van der Waals surface area contributed by atoms with Crippen molar-refractivity contribution in [2.75, 3.05) is 53.5 Å². The van der Waals surface area contributed by atoms with Gasteiger partial charge in [0.25, 0.3) is 0 Å². The molecule has 1 aromatic carbocycles. The first-order valence-electron chi connectivity index (χ1n) is 8.13. The standard InChI is InChI=1S/C17H25N3O3/c1-22-15-7-13(8-16(9-15)23-2)12-19-3-5-20(6-4-19)17(21)14-10-18-11-14/h7-9,14,18H,3-6,10-12H2,1-2H3. The molecule has 2 aliphatic rings. The van der Waals surface area contributed by atoms with Crippen LogP contribution in [0.15, 0.2) is 18.2 Å². The second-order valence-electron chi connectivity index (χ2n) is 6.18. The third-order valence-corrected chi connectivity index (χ3v) is 4.63. The molecule has 2 fully saturated rings. The topological polar surface area (TPSA) is 54.0 Å². The highest BCUT2D eigenvalue weighted by atomic mass is 16.5. The fraction of sp³-hybridized carbons (Fsp3) is 0.588. The molecule has 126 valence electrons. The van der Waals surface area contributed by atoms with E-state index in [2.05, 4.69) is 10.2 Å². The van der Waals surface area contributed by atoms with E-state index in [0.29, 0.717) is 5.91 Å². The molecule has 0 radical (unpaired) electrons. The monoisotopic (exact) mass is 319 g/mol. The molecule has 6 nitrogen and oxygen atoms in total. The second kappa shape index (κ2) is 7.19. The maximum atomic E-state index is 12.2. The van der Waals surface area contributed by atoms with Crippen molar-refractivity contribution in [2.45, 2.75) is 6.54 Å². The highest BCUT2D eigenvalue weighted by Gasteiger charge is 2.30. The Morgan fingerprint density at radius 3 is 2.17 bits per heavy atom. The largest absolute Gasteiger partial charge is 0.497 e. The number of nitrogens with zero attached hydrogens (tertiary/aromatic N) is 2. The molecule has 1 N–H and O–H groups in total. The SMILES string of the molecule is COc1cc(CN2CCN(C(=O)C3CNC3)CC2)cc(OC)c1. The molecule has 6 heteroatoms. The molecule has 1 amide bonds. The van der Waals surface area contributed by atoms with Crippen molar-refractivity contribution in [3.63, 3.8) is 0 Å². The Kier molecular flexibility index (Phi) is 5.03. The van der Waals surface area contributed by atoms with E-state index >= 15 is 0 Å². The molecule has 0 bridgehead atoms. The number of hydrogen-bond acceptors (Lipinski definition) is 5. The summed E-state index contributed by atoms with van der Waals surface area (Å²) in [5.74, 6) is 2.13. The van der Waals surface area contributed by atoms with Gasteiger partial charge in [-0.1, -0.05) is 0 Å². The van der Waals surface area contributed by atoms with Crippen molar-refractivity contribution < 1.29 is 14.3 Å². The summed E-state index contributed by atoms with van der Waals surface area (Å²) in [6.45, 7) is 5.97. The van der Waals surface area contributed by atoms with Gasteiger partial charge in [-0.25, -0.2) is 0 Å². The van der Waals surface area contributed by atoms with Gasteiger partial charge in [-0.15, -0.1) is 0 Å². The maximum Gasteiger partial charge on any atom is 0.228 e. The van der Waals surface area contributed by atoms with Crippen LogP contribution < -0.4 is 14.8 Å². The summed E-state index contributed by atoms with van der Waals surface area (Å²) >= 11 is 0. The normalized spacial score (nSPS) is 19.3. The number of nitrogens with one attached hydrogen (secondary N) is 1. The summed E-state index contributed by atoms with van der Waals surface area (Å²) in [5.41, 5.74) is 1.17. The summed E-state index contributed by atoms with van der Waals surface area (Å²) in [5, 5.41) is 3.16. The van der Waals surface area contributed by atoms with Crippen LogP contribution in [0, 0.1) is 5.92 Å². The number of carbonyl (C=O) groups is 1. The lowest BCUT2D eigenvalue weighted by Gasteiger charge is -2.38. The Hall–Kier alpha value is -1.79. The van der Waals surface area contributed by atoms with Crippen molar-refractivity contribution >= 4 is 5.91 Å². The number of benzene rings is 1. The highest BCUT2D eigenvalue weighted by Crippen LogP contribution is 2.24. The summed E-state index contributed by atoms with van der Waals surface area (Å²) in [4.78, 5) is 16.6. The van der Waals surface area contributed by atoms with Crippen molar-refractivity contribution in [3.8, 4) is 11.5 Å². The molecule has 0 aliphatic carbocycles. The molecular weight excluding hydrogens is 294 g/mol. The van der Waals surface area contributed by atoms with E-state index in [9.17, 15) is 4.79 Å². The van der Waals surface area contributed by atoms with E-state index in [0.717, 1.165) is 57.3 Å². The predicted octanol–water partition coefficient (Wildman–Crippen LogP) is 0.567. The quantitative estimate of drug-likeness (QED) is 0.860. The van der Waals surface area contributed by atoms with E-state index in [1.54, 1.807) is 14.2 Å². The van der Waals surface area contributed by atoms with Gasteiger partial charge in [-0.3, -0.25) is 9.69 Å². The molecule has 2 aliphatic heterocycles. The number of rotatable bonds is 5. The molecule has 0 aromatic heterocycles. The number of piperazine rings is 1. The minimum absolute atomic E-state index is 0.198. The summed E-state index contributed by atoms with van der Waals surface area (Å²) in [6, 6.07) is 5.97. The van der Waals surface area contributed by atoms with Gasteiger partial charge in [0.05, 0.1) is 20.1 Å². The maximum absolute atomic E-state index is 12.2. The van der Waals surface area contributed by atoms with Crippen LogP contribution in [0.1, 0.15) is 5.56 Å². The Labute approximate surface area is 137 Å². The average molecular weight is 319 g/mol. The summed E-state index contributed by atoms with van der Waals surface area (Å²) < 4.78 is 10.6. The fourth-order valence-corrected chi connectivity index (χ4v) is 3.06. The van der Waals surface area contributed by atoms with Crippen LogP contribution in [0.3, 0.4) is 0 Å². The zero-order valence-electron chi connectivity index (χ0n) is 13.9. The van der Waals surface area contributed by atoms with Crippen LogP contribution in [0.5, 0.6) is 11.5 Å². The van der Waals surface area contributed by atoms with Gasteiger partial charge in [-0.05, 0) is 17.7 Å². The van der Waals surface area contributed by atoms with Gasteiger partial charge in [0.15, 0.2) is 0 Å². The lowest BCUT2D eigenvalue weighted by atomic mass is 10.0. The second-order valence-corrected chi connectivity index (χ2v) is 6.18. The Morgan fingerprint density at radius 1 is 1.09 bits per heavy atom. The lowest BCUT2D eigenvalue weighted by Crippen LogP contribution is -2.56. The van der Waals surface area contributed by atoms with Gasteiger partial charge in [0.1, 0.15) is 11.5 Å². The van der Waals surface area contributed by atoms with E-state index in [1.807, 2.05) is 23.1 Å². The zero-order chi connectivity index (χ0) is 16.2. The van der Waals surface area contributed by atoms with Crippen molar-refractivity contribution in [1.82, 2.24) is 15.1 Å². The van der Waals surface area contributed by atoms with Gasteiger partial charge in [-0.2, -0.15) is 0 Å². The molecule has 3 rings (SSSR count). The van der Waals surface area contributed by atoms with E-state index in [-0.39, 0.29) is 5.92 Å². The third kappa shape index (κ3) is 3.76. The zero-order valence-corrected chi connectivity index (χ0v) is 13.9. The fourth-order valence-electron chi connectivity index (χ4n) is 3.06. The number of ether oxygens (including phenoxy) is 2. The van der Waals surface area contributed by atoms with Gasteiger partial charge in [0.2, 0.25) is 5.91 Å². The number of carbonyl (C=O) groups excluding carboxylic acids is 1. The lowest BCUT2D eigenvalue weighted by molar-refractivity contribution is -0.138. The average Bonchev–Trinajstić information content (AvgIpc) is 2.53. The van der Waals surface area contributed by atoms with E-state index < -0.39 is 0 Å². The first kappa shape index (κ1) is 16.1. The number of hydrogen-bond donors (Lipinski definition) is 1. The van der Waals surface area contributed by atoms with Crippen LogP contribution in [-0.2, 0) is 11.3 Å². The highest BCUT2D eigenvalue weighted by molar-refractivity contribution is 5.80. The minimum Gasteiger partial charge on any atom is -0.497 e. The van der Waals surface area contributed by atoms with Gasteiger partial charge in [0, 0.05) is 51.9 Å². The minimum atomic E-state index is 0.198. The van der Waals surface area contributed by atoms with Crippen molar-refractivity contribution in [2.24, 2.45) is 5.92 Å².